The second-order valence-electron chi connectivity index (χ2n) is 4.02. The molecule has 2 rings (SSSR count). The smallest absolute Gasteiger partial charge is 0.254 e. The molecule has 1 atom stereocenters. The molecule has 3 nitrogen and oxygen atoms in total. The summed E-state index contributed by atoms with van der Waals surface area (Å²) in [5.74, 6) is -0.843. The van der Waals surface area contributed by atoms with E-state index in [0.29, 0.717) is 13.2 Å². The van der Waals surface area contributed by atoms with E-state index in [4.69, 9.17) is 4.74 Å². The highest BCUT2D eigenvalue weighted by molar-refractivity contribution is 5.94. The normalized spacial score (nSPS) is 19.8. The number of nitrogens with one attached hydrogen (secondary N) is 1. The Labute approximate surface area is 93.6 Å². The van der Waals surface area contributed by atoms with Crippen LogP contribution >= 0.6 is 0 Å². The van der Waals surface area contributed by atoms with Crippen LogP contribution in [0.2, 0.25) is 0 Å². The van der Waals surface area contributed by atoms with Gasteiger partial charge >= 0.3 is 0 Å². The van der Waals surface area contributed by atoms with E-state index in [1.54, 1.807) is 13.0 Å². The molecule has 0 aromatic heterocycles. The van der Waals surface area contributed by atoms with Crippen LogP contribution < -0.4 is 5.32 Å². The van der Waals surface area contributed by atoms with E-state index in [1.165, 1.54) is 12.1 Å². The lowest BCUT2D eigenvalue weighted by atomic mass is 10.1. The van der Waals surface area contributed by atoms with Gasteiger partial charge in [0.25, 0.3) is 5.91 Å². The van der Waals surface area contributed by atoms with Gasteiger partial charge in [0.2, 0.25) is 0 Å². The van der Waals surface area contributed by atoms with E-state index in [1.807, 2.05) is 0 Å². The third-order valence-electron chi connectivity index (χ3n) is 2.63. The van der Waals surface area contributed by atoms with Gasteiger partial charge in [-0.05, 0) is 31.0 Å². The molecule has 0 spiro atoms. The van der Waals surface area contributed by atoms with Gasteiger partial charge in [-0.15, -0.1) is 0 Å². The Morgan fingerprint density at radius 3 is 3.00 bits per heavy atom. The highest BCUT2D eigenvalue weighted by atomic mass is 19.1. The first-order chi connectivity index (χ1) is 7.66. The molecule has 0 bridgehead atoms. The fourth-order valence-electron chi connectivity index (χ4n) is 1.72. The number of carbonyl (C=O) groups is 1. The molecule has 16 heavy (non-hydrogen) atoms. The Balaban J connectivity index is 2.08. The van der Waals surface area contributed by atoms with E-state index < -0.39 is 5.82 Å². The monoisotopic (exact) mass is 223 g/mol. The number of amides is 1. The summed E-state index contributed by atoms with van der Waals surface area (Å²) >= 11 is 0. The zero-order valence-corrected chi connectivity index (χ0v) is 9.13. The molecule has 1 aromatic rings. The highest BCUT2D eigenvalue weighted by Crippen LogP contribution is 2.11. The molecule has 1 amide bonds. The number of hydrogen-bond donors (Lipinski definition) is 1. The molecule has 4 heteroatoms. The van der Waals surface area contributed by atoms with Crippen LogP contribution in [0.25, 0.3) is 0 Å². The van der Waals surface area contributed by atoms with E-state index in [-0.39, 0.29) is 17.5 Å². The van der Waals surface area contributed by atoms with Gasteiger partial charge in [0.05, 0.1) is 18.2 Å². The summed E-state index contributed by atoms with van der Waals surface area (Å²) in [5, 5.41) is 2.75. The number of halogens is 1. The molecule has 1 heterocycles. The first-order valence-corrected chi connectivity index (χ1v) is 5.31. The van der Waals surface area contributed by atoms with Crippen LogP contribution in [-0.2, 0) is 4.74 Å². The zero-order chi connectivity index (χ0) is 11.5. The van der Waals surface area contributed by atoms with Crippen LogP contribution in [0.1, 0.15) is 22.3 Å². The van der Waals surface area contributed by atoms with Gasteiger partial charge in [0.15, 0.2) is 0 Å². The first kappa shape index (κ1) is 11.1. The fraction of sp³-hybridized carbons (Fsp3) is 0.417. The Hall–Kier alpha value is -1.42. The minimum Gasteiger partial charge on any atom is -0.379 e. The molecule has 1 N–H and O–H groups in total. The van der Waals surface area contributed by atoms with Crippen molar-refractivity contribution in [1.82, 2.24) is 5.32 Å². The average Bonchev–Trinajstić information content (AvgIpc) is 2.70. The second kappa shape index (κ2) is 4.61. The number of hydrogen-bond acceptors (Lipinski definition) is 2. The number of rotatable bonds is 2. The summed E-state index contributed by atoms with van der Waals surface area (Å²) in [5.41, 5.74) is 0.899. The third-order valence-corrected chi connectivity index (χ3v) is 2.63. The van der Waals surface area contributed by atoms with Crippen molar-refractivity contribution >= 4 is 5.91 Å². The van der Waals surface area contributed by atoms with E-state index >= 15 is 0 Å². The van der Waals surface area contributed by atoms with E-state index in [0.717, 1.165) is 12.0 Å². The molecular formula is C12H14FNO2. The maximum atomic E-state index is 13.5. The van der Waals surface area contributed by atoms with Crippen molar-refractivity contribution in [3.8, 4) is 0 Å². The highest BCUT2D eigenvalue weighted by Gasteiger charge is 2.20. The van der Waals surface area contributed by atoms with Crippen LogP contribution in [-0.4, -0.2) is 25.2 Å². The molecule has 1 unspecified atom stereocenters. The summed E-state index contributed by atoms with van der Waals surface area (Å²) < 4.78 is 18.6. The molecule has 0 radical (unpaired) electrons. The summed E-state index contributed by atoms with van der Waals surface area (Å²) in [6.45, 7) is 2.95. The maximum Gasteiger partial charge on any atom is 0.254 e. The molecule has 1 fully saturated rings. The van der Waals surface area contributed by atoms with Gasteiger partial charge in [-0.3, -0.25) is 4.79 Å². The number of aryl methyl sites for hydroxylation is 1. The van der Waals surface area contributed by atoms with Crippen LogP contribution in [0.15, 0.2) is 18.2 Å². The number of ether oxygens (including phenoxy) is 1. The molecule has 1 aromatic carbocycles. The second-order valence-corrected chi connectivity index (χ2v) is 4.02. The Morgan fingerprint density at radius 1 is 1.56 bits per heavy atom. The summed E-state index contributed by atoms with van der Waals surface area (Å²) in [6.07, 6.45) is 0.791. The summed E-state index contributed by atoms with van der Waals surface area (Å²) in [6, 6.07) is 4.60. The van der Waals surface area contributed by atoms with Crippen LogP contribution in [0.5, 0.6) is 0 Å². The van der Waals surface area contributed by atoms with Crippen LogP contribution in [0.3, 0.4) is 0 Å². The van der Waals surface area contributed by atoms with Gasteiger partial charge in [0.1, 0.15) is 5.82 Å². The first-order valence-electron chi connectivity index (χ1n) is 5.31. The van der Waals surface area contributed by atoms with E-state index in [2.05, 4.69) is 5.32 Å². The van der Waals surface area contributed by atoms with Gasteiger partial charge < -0.3 is 10.1 Å². The average molecular weight is 223 g/mol. The summed E-state index contributed by atoms with van der Waals surface area (Å²) in [7, 11) is 0. The van der Waals surface area contributed by atoms with Gasteiger partial charge in [-0.25, -0.2) is 4.39 Å². The molecule has 86 valence electrons. The maximum absolute atomic E-state index is 13.5. The Morgan fingerprint density at radius 2 is 2.38 bits per heavy atom. The van der Waals surface area contributed by atoms with Gasteiger partial charge in [0, 0.05) is 6.61 Å². The lowest BCUT2D eigenvalue weighted by molar-refractivity contribution is 0.0926. The third kappa shape index (κ3) is 2.39. The largest absolute Gasteiger partial charge is 0.379 e. The van der Waals surface area contributed by atoms with Crippen molar-refractivity contribution in [2.24, 2.45) is 0 Å². The standard InChI is InChI=1S/C12H14FNO2/c1-8-2-3-10(11(13)6-8)12(15)14-9-4-5-16-7-9/h2-3,6,9H,4-5,7H2,1H3,(H,14,15). The molecule has 0 aliphatic carbocycles. The van der Waals surface area contributed by atoms with Crippen LogP contribution in [0.4, 0.5) is 4.39 Å². The lowest BCUT2D eigenvalue weighted by Gasteiger charge is -2.11. The number of benzene rings is 1. The predicted octanol–water partition coefficient (Wildman–Crippen LogP) is 1.65. The molecule has 1 aliphatic heterocycles. The fourth-order valence-corrected chi connectivity index (χ4v) is 1.72. The van der Waals surface area contributed by atoms with Crippen LogP contribution in [0, 0.1) is 12.7 Å². The molecule has 0 saturated carbocycles. The Kier molecular flexibility index (Phi) is 3.19. The quantitative estimate of drug-likeness (QED) is 0.828. The minimum absolute atomic E-state index is 0.00760. The van der Waals surface area contributed by atoms with Crippen molar-refractivity contribution in [1.29, 1.82) is 0 Å². The molecular weight excluding hydrogens is 209 g/mol. The Bertz CT molecular complexity index is 400. The summed E-state index contributed by atoms with van der Waals surface area (Å²) in [4.78, 5) is 11.7. The van der Waals surface area contributed by atoms with E-state index in [9.17, 15) is 9.18 Å². The SMILES string of the molecule is Cc1ccc(C(=O)NC2CCOC2)c(F)c1. The lowest BCUT2D eigenvalue weighted by Crippen LogP contribution is -2.35. The molecule has 1 saturated heterocycles. The van der Waals surface area contributed by atoms with Gasteiger partial charge in [-0.2, -0.15) is 0 Å². The predicted molar refractivity (Wildman–Crippen MR) is 57.8 cm³/mol. The van der Waals surface area contributed by atoms with Crippen molar-refractivity contribution in [2.45, 2.75) is 19.4 Å². The van der Waals surface area contributed by atoms with Crippen molar-refractivity contribution in [2.75, 3.05) is 13.2 Å². The number of carbonyl (C=O) groups excluding carboxylic acids is 1. The van der Waals surface area contributed by atoms with Crippen molar-refractivity contribution in [3.63, 3.8) is 0 Å². The van der Waals surface area contributed by atoms with Crippen molar-refractivity contribution < 1.29 is 13.9 Å². The van der Waals surface area contributed by atoms with Crippen molar-refractivity contribution in [3.05, 3.63) is 35.1 Å². The minimum atomic E-state index is -0.476. The topological polar surface area (TPSA) is 38.3 Å². The van der Waals surface area contributed by atoms with Gasteiger partial charge in [-0.1, -0.05) is 6.07 Å². The molecule has 1 aliphatic rings. The zero-order valence-electron chi connectivity index (χ0n) is 9.13.